The zero-order valence-electron chi connectivity index (χ0n) is 14.0. The number of rotatable bonds is 5. The second-order valence-electron chi connectivity index (χ2n) is 5.31. The van der Waals surface area contributed by atoms with Gasteiger partial charge >= 0.3 is 0 Å². The van der Waals surface area contributed by atoms with Gasteiger partial charge in [0.05, 0.1) is 30.6 Å². The second-order valence-corrected chi connectivity index (χ2v) is 6.64. The molecule has 0 atom stereocenters. The third kappa shape index (κ3) is 3.84. The fourth-order valence-electron chi connectivity index (χ4n) is 2.35. The number of halogens is 2. The van der Waals surface area contributed by atoms with Crippen molar-refractivity contribution in [3.05, 3.63) is 57.7 Å². The van der Waals surface area contributed by atoms with Crippen molar-refractivity contribution >= 4 is 39.1 Å². The summed E-state index contributed by atoms with van der Waals surface area (Å²) < 4.78 is 11.4. The predicted octanol–water partition coefficient (Wildman–Crippen LogP) is 4.76. The van der Waals surface area contributed by atoms with Crippen LogP contribution in [0.15, 0.2) is 46.9 Å². The maximum Gasteiger partial charge on any atom is 0.273 e. The largest absolute Gasteiger partial charge is 0.495 e. The first-order chi connectivity index (χ1) is 12.5. The van der Waals surface area contributed by atoms with Crippen LogP contribution >= 0.6 is 27.5 Å². The Bertz CT molecular complexity index is 941. The number of aromatic amines is 1. The third-order valence-electron chi connectivity index (χ3n) is 3.68. The van der Waals surface area contributed by atoms with Gasteiger partial charge in [-0.1, -0.05) is 39.7 Å². The fourth-order valence-corrected chi connectivity index (χ4v) is 2.85. The SMILES string of the molecule is COc1cc(NC(=O)c2cc(-c3ccc(Br)cc3)n[nH]2)c(OC)cc1Cl. The molecule has 1 amide bonds. The predicted molar refractivity (Wildman–Crippen MR) is 104 cm³/mol. The van der Waals surface area contributed by atoms with Crippen molar-refractivity contribution in [3.63, 3.8) is 0 Å². The lowest BCUT2D eigenvalue weighted by Crippen LogP contribution is -2.13. The number of nitrogens with one attached hydrogen (secondary N) is 2. The molecule has 0 radical (unpaired) electrons. The molecule has 0 fully saturated rings. The Labute approximate surface area is 163 Å². The smallest absolute Gasteiger partial charge is 0.273 e. The highest BCUT2D eigenvalue weighted by atomic mass is 79.9. The van der Waals surface area contributed by atoms with E-state index in [0.717, 1.165) is 10.0 Å². The number of carbonyl (C=O) groups is 1. The number of benzene rings is 2. The van der Waals surface area contributed by atoms with Gasteiger partial charge in [-0.15, -0.1) is 0 Å². The van der Waals surface area contributed by atoms with E-state index in [1.165, 1.54) is 14.2 Å². The van der Waals surface area contributed by atoms with E-state index in [0.29, 0.717) is 33.6 Å². The van der Waals surface area contributed by atoms with E-state index in [4.69, 9.17) is 21.1 Å². The van der Waals surface area contributed by atoms with Gasteiger partial charge in [0.15, 0.2) is 0 Å². The number of hydrogen-bond donors (Lipinski definition) is 2. The number of carbonyl (C=O) groups excluding carboxylic acids is 1. The molecular formula is C18H15BrClN3O3. The van der Waals surface area contributed by atoms with E-state index in [9.17, 15) is 4.79 Å². The van der Waals surface area contributed by atoms with Crippen molar-refractivity contribution in [2.45, 2.75) is 0 Å². The molecule has 0 spiro atoms. The number of amides is 1. The molecule has 0 saturated heterocycles. The number of aromatic nitrogens is 2. The number of anilines is 1. The molecule has 0 aliphatic heterocycles. The van der Waals surface area contributed by atoms with Gasteiger partial charge in [0, 0.05) is 22.2 Å². The van der Waals surface area contributed by atoms with Crippen LogP contribution in [0.5, 0.6) is 11.5 Å². The zero-order chi connectivity index (χ0) is 18.7. The molecule has 8 heteroatoms. The Hall–Kier alpha value is -2.51. The Morgan fingerprint density at radius 1 is 1.12 bits per heavy atom. The summed E-state index contributed by atoms with van der Waals surface area (Å²) >= 11 is 9.47. The third-order valence-corrected chi connectivity index (χ3v) is 4.51. The second kappa shape index (κ2) is 7.80. The highest BCUT2D eigenvalue weighted by molar-refractivity contribution is 9.10. The van der Waals surface area contributed by atoms with Crippen LogP contribution in [0.1, 0.15) is 10.5 Å². The minimum Gasteiger partial charge on any atom is -0.495 e. The monoisotopic (exact) mass is 435 g/mol. The van der Waals surface area contributed by atoms with E-state index in [2.05, 4.69) is 31.4 Å². The highest BCUT2D eigenvalue weighted by Gasteiger charge is 2.16. The van der Waals surface area contributed by atoms with E-state index < -0.39 is 0 Å². The number of ether oxygens (including phenoxy) is 2. The Balaban J connectivity index is 1.84. The van der Waals surface area contributed by atoms with Gasteiger partial charge in [-0.2, -0.15) is 5.10 Å². The molecule has 0 saturated carbocycles. The van der Waals surface area contributed by atoms with Crippen molar-refractivity contribution in [1.82, 2.24) is 10.2 Å². The molecule has 6 nitrogen and oxygen atoms in total. The van der Waals surface area contributed by atoms with Crippen molar-refractivity contribution in [2.24, 2.45) is 0 Å². The summed E-state index contributed by atoms with van der Waals surface area (Å²) in [4.78, 5) is 12.5. The van der Waals surface area contributed by atoms with Gasteiger partial charge in [-0.3, -0.25) is 9.89 Å². The molecule has 1 aromatic heterocycles. The molecule has 1 heterocycles. The summed E-state index contributed by atoms with van der Waals surface area (Å²) in [5.41, 5.74) is 2.33. The molecule has 2 aromatic carbocycles. The van der Waals surface area contributed by atoms with Crippen LogP contribution in [0, 0.1) is 0 Å². The summed E-state index contributed by atoms with van der Waals surface area (Å²) in [7, 11) is 2.99. The van der Waals surface area contributed by atoms with Crippen molar-refractivity contribution in [1.29, 1.82) is 0 Å². The Morgan fingerprint density at radius 3 is 2.46 bits per heavy atom. The topological polar surface area (TPSA) is 76.2 Å². The molecule has 0 aliphatic rings. The van der Waals surface area contributed by atoms with Crippen LogP contribution in [0.3, 0.4) is 0 Å². The molecule has 3 aromatic rings. The lowest BCUT2D eigenvalue weighted by atomic mass is 10.1. The molecule has 3 rings (SSSR count). The van der Waals surface area contributed by atoms with Crippen LogP contribution in [0.25, 0.3) is 11.3 Å². The average molecular weight is 437 g/mol. The van der Waals surface area contributed by atoms with E-state index in [1.54, 1.807) is 18.2 Å². The standard InChI is InChI=1S/C18H15BrClN3O3/c1-25-16-9-14(17(26-2)7-12(16)20)21-18(24)15-8-13(22-23-15)10-3-5-11(19)6-4-10/h3-9H,1-2H3,(H,21,24)(H,22,23). The van der Waals surface area contributed by atoms with Gasteiger partial charge in [0.1, 0.15) is 17.2 Å². The molecule has 26 heavy (non-hydrogen) atoms. The first kappa shape index (κ1) is 18.3. The lowest BCUT2D eigenvalue weighted by Gasteiger charge is -2.12. The summed E-state index contributed by atoms with van der Waals surface area (Å²) in [5.74, 6) is 0.503. The maximum atomic E-state index is 12.5. The molecule has 134 valence electrons. The highest BCUT2D eigenvalue weighted by Crippen LogP contribution is 2.36. The molecule has 2 N–H and O–H groups in total. The van der Waals surface area contributed by atoms with Gasteiger partial charge in [-0.25, -0.2) is 0 Å². The fraction of sp³-hybridized carbons (Fsp3) is 0.111. The molecule has 0 aliphatic carbocycles. The Morgan fingerprint density at radius 2 is 1.81 bits per heavy atom. The van der Waals surface area contributed by atoms with Crippen LogP contribution in [0.2, 0.25) is 5.02 Å². The number of methoxy groups -OCH3 is 2. The Kier molecular flexibility index (Phi) is 5.49. The first-order valence-electron chi connectivity index (χ1n) is 7.56. The molecule has 0 bridgehead atoms. The quantitative estimate of drug-likeness (QED) is 0.604. The van der Waals surface area contributed by atoms with Crippen molar-refractivity contribution in [2.75, 3.05) is 19.5 Å². The van der Waals surface area contributed by atoms with Crippen LogP contribution < -0.4 is 14.8 Å². The minimum absolute atomic E-state index is 0.318. The lowest BCUT2D eigenvalue weighted by molar-refractivity contribution is 0.102. The van der Waals surface area contributed by atoms with E-state index >= 15 is 0 Å². The number of hydrogen-bond acceptors (Lipinski definition) is 4. The number of H-pyrrole nitrogens is 1. The zero-order valence-corrected chi connectivity index (χ0v) is 16.3. The van der Waals surface area contributed by atoms with Gasteiger partial charge < -0.3 is 14.8 Å². The van der Waals surface area contributed by atoms with Crippen LogP contribution in [0.4, 0.5) is 5.69 Å². The summed E-state index contributed by atoms with van der Waals surface area (Å²) in [5, 5.41) is 10.1. The summed E-state index contributed by atoms with van der Waals surface area (Å²) in [6.07, 6.45) is 0. The van der Waals surface area contributed by atoms with Crippen molar-refractivity contribution < 1.29 is 14.3 Å². The van der Waals surface area contributed by atoms with E-state index in [1.807, 2.05) is 24.3 Å². The first-order valence-corrected chi connectivity index (χ1v) is 8.73. The van der Waals surface area contributed by atoms with Gasteiger partial charge in [0.25, 0.3) is 5.91 Å². The normalized spacial score (nSPS) is 10.5. The van der Waals surface area contributed by atoms with Crippen molar-refractivity contribution in [3.8, 4) is 22.8 Å². The minimum atomic E-state index is -0.358. The maximum absolute atomic E-state index is 12.5. The van der Waals surface area contributed by atoms with Crippen LogP contribution in [-0.4, -0.2) is 30.3 Å². The van der Waals surface area contributed by atoms with Gasteiger partial charge in [0.2, 0.25) is 0 Å². The average Bonchev–Trinajstić information content (AvgIpc) is 3.13. The van der Waals surface area contributed by atoms with Gasteiger partial charge in [-0.05, 0) is 18.2 Å². The molecular weight excluding hydrogens is 422 g/mol. The number of nitrogens with zero attached hydrogens (tertiary/aromatic N) is 1. The van der Waals surface area contributed by atoms with E-state index in [-0.39, 0.29) is 5.91 Å². The molecule has 0 unspecified atom stereocenters. The summed E-state index contributed by atoms with van der Waals surface area (Å²) in [6, 6.07) is 12.5. The van der Waals surface area contributed by atoms with Crippen LogP contribution in [-0.2, 0) is 0 Å². The summed E-state index contributed by atoms with van der Waals surface area (Å²) in [6.45, 7) is 0.